The molecule has 94 valence electrons. The molecule has 0 amide bonds. The van der Waals surface area contributed by atoms with Crippen LogP contribution in [-0.4, -0.2) is 18.3 Å². The number of ether oxygens (including phenoxy) is 1. The van der Waals surface area contributed by atoms with Gasteiger partial charge in [0.25, 0.3) is 0 Å². The van der Waals surface area contributed by atoms with E-state index < -0.39 is 0 Å². The lowest BCUT2D eigenvalue weighted by Crippen LogP contribution is -2.09. The Balaban J connectivity index is 3.21. The van der Waals surface area contributed by atoms with Gasteiger partial charge in [-0.2, -0.15) is 0 Å². The highest BCUT2D eigenvalue weighted by atomic mass is 35.5. The maximum absolute atomic E-state index is 11.8. The first-order chi connectivity index (χ1) is 8.02. The van der Waals surface area contributed by atoms with Crippen LogP contribution in [0.2, 0.25) is 0 Å². The minimum absolute atomic E-state index is 0.0215. The summed E-state index contributed by atoms with van der Waals surface area (Å²) in [6.45, 7) is 8.61. The Morgan fingerprint density at radius 3 is 2.47 bits per heavy atom. The molecule has 1 rings (SSSR count). The van der Waals surface area contributed by atoms with Crippen molar-refractivity contribution in [3.05, 3.63) is 28.3 Å². The molecule has 0 saturated carbocycles. The zero-order chi connectivity index (χ0) is 13.0. The third-order valence-corrected chi connectivity index (χ3v) is 3.15. The lowest BCUT2D eigenvalue weighted by molar-refractivity contribution is 0.101. The third-order valence-electron chi connectivity index (χ3n) is 2.91. The number of ketones is 1. The molecular weight excluding hydrogens is 236 g/mol. The molecule has 0 bridgehead atoms. The number of Topliss-reactive ketones (excluding diaryl/α,β-unsaturated/α-hetero) is 1. The predicted octanol–water partition coefficient (Wildman–Crippen LogP) is 3.82. The van der Waals surface area contributed by atoms with E-state index in [1.807, 2.05) is 26.8 Å². The first-order valence-corrected chi connectivity index (χ1v) is 6.39. The molecule has 0 saturated heterocycles. The summed E-state index contributed by atoms with van der Waals surface area (Å²) in [6, 6.07) is 1.93. The van der Waals surface area contributed by atoms with Crippen LogP contribution in [0.3, 0.4) is 0 Å². The third kappa shape index (κ3) is 3.01. The van der Waals surface area contributed by atoms with Crippen LogP contribution in [0.15, 0.2) is 6.07 Å². The van der Waals surface area contributed by atoms with Crippen molar-refractivity contribution in [3.8, 4) is 5.75 Å². The van der Waals surface area contributed by atoms with Crippen molar-refractivity contribution in [1.29, 1.82) is 0 Å². The zero-order valence-corrected chi connectivity index (χ0v) is 11.6. The molecule has 0 fully saturated rings. The molecule has 2 nitrogen and oxygen atoms in total. The van der Waals surface area contributed by atoms with E-state index in [2.05, 4.69) is 6.92 Å². The van der Waals surface area contributed by atoms with Crippen molar-refractivity contribution in [2.24, 2.45) is 0 Å². The average molecular weight is 255 g/mol. The van der Waals surface area contributed by atoms with Gasteiger partial charge in [-0.3, -0.25) is 4.79 Å². The Labute approximate surface area is 108 Å². The lowest BCUT2D eigenvalue weighted by atomic mass is 9.95. The Hall–Kier alpha value is -1.02. The number of alkyl halides is 1. The van der Waals surface area contributed by atoms with E-state index in [-0.39, 0.29) is 11.7 Å². The Kier molecular flexibility index (Phi) is 5.01. The van der Waals surface area contributed by atoms with Crippen LogP contribution in [0.25, 0.3) is 0 Å². The van der Waals surface area contributed by atoms with Crippen molar-refractivity contribution >= 4 is 17.4 Å². The van der Waals surface area contributed by atoms with Gasteiger partial charge in [-0.25, -0.2) is 0 Å². The Bertz CT molecular complexity index is 425. The fourth-order valence-corrected chi connectivity index (χ4v) is 2.04. The largest absolute Gasteiger partial charge is 0.493 e. The van der Waals surface area contributed by atoms with E-state index in [0.717, 1.165) is 34.4 Å². The van der Waals surface area contributed by atoms with Gasteiger partial charge in [0.1, 0.15) is 5.75 Å². The second-order valence-corrected chi connectivity index (χ2v) is 4.49. The minimum Gasteiger partial charge on any atom is -0.493 e. The maximum Gasteiger partial charge on any atom is 0.178 e. The number of benzene rings is 1. The lowest BCUT2D eigenvalue weighted by Gasteiger charge is -2.15. The molecule has 0 aromatic heterocycles. The maximum atomic E-state index is 11.8. The van der Waals surface area contributed by atoms with Crippen molar-refractivity contribution in [2.45, 2.75) is 34.1 Å². The Morgan fingerprint density at radius 1 is 1.29 bits per heavy atom. The molecule has 0 aliphatic heterocycles. The van der Waals surface area contributed by atoms with Crippen LogP contribution in [-0.2, 0) is 0 Å². The highest BCUT2D eigenvalue weighted by Gasteiger charge is 2.16. The van der Waals surface area contributed by atoms with Crippen LogP contribution >= 0.6 is 11.6 Å². The quantitative estimate of drug-likeness (QED) is 0.590. The summed E-state index contributed by atoms with van der Waals surface area (Å²) in [7, 11) is 0. The average Bonchev–Trinajstić information content (AvgIpc) is 2.31. The molecule has 0 N–H and O–H groups in total. The molecule has 3 heteroatoms. The predicted molar refractivity (Wildman–Crippen MR) is 71.5 cm³/mol. The first kappa shape index (κ1) is 14.0. The topological polar surface area (TPSA) is 26.3 Å². The second-order valence-electron chi connectivity index (χ2n) is 4.22. The minimum atomic E-state index is -0.0215. The summed E-state index contributed by atoms with van der Waals surface area (Å²) in [6.07, 6.45) is 0.972. The molecule has 0 atom stereocenters. The monoisotopic (exact) mass is 254 g/mol. The van der Waals surface area contributed by atoms with Gasteiger partial charge in [0.15, 0.2) is 5.78 Å². The number of halogens is 1. The molecule has 1 aromatic carbocycles. The molecular formula is C14H19ClO2. The van der Waals surface area contributed by atoms with Gasteiger partial charge in [0.2, 0.25) is 0 Å². The molecule has 17 heavy (non-hydrogen) atoms. The van der Waals surface area contributed by atoms with E-state index in [4.69, 9.17) is 16.3 Å². The summed E-state index contributed by atoms with van der Waals surface area (Å²) in [5.74, 6) is 0.871. The first-order valence-electron chi connectivity index (χ1n) is 5.85. The summed E-state index contributed by atoms with van der Waals surface area (Å²) < 4.78 is 5.67. The van der Waals surface area contributed by atoms with Gasteiger partial charge >= 0.3 is 0 Å². The molecule has 0 heterocycles. The highest BCUT2D eigenvalue weighted by molar-refractivity contribution is 6.30. The van der Waals surface area contributed by atoms with Crippen LogP contribution in [0.4, 0.5) is 0 Å². The van der Waals surface area contributed by atoms with Crippen molar-refractivity contribution in [2.75, 3.05) is 12.5 Å². The Morgan fingerprint density at radius 2 is 1.94 bits per heavy atom. The number of carbonyl (C=O) groups excluding carboxylic acids is 1. The number of hydrogen-bond donors (Lipinski definition) is 0. The summed E-state index contributed by atoms with van der Waals surface area (Å²) in [5, 5.41) is 0. The van der Waals surface area contributed by atoms with Gasteiger partial charge in [-0.05, 0) is 49.9 Å². The fraction of sp³-hybridized carbons (Fsp3) is 0.500. The molecule has 1 aromatic rings. The van der Waals surface area contributed by atoms with Crippen LogP contribution in [0.1, 0.15) is 40.4 Å². The van der Waals surface area contributed by atoms with Crippen molar-refractivity contribution in [1.82, 2.24) is 0 Å². The van der Waals surface area contributed by atoms with E-state index in [9.17, 15) is 4.79 Å². The summed E-state index contributed by atoms with van der Waals surface area (Å²) in [4.78, 5) is 11.8. The zero-order valence-electron chi connectivity index (χ0n) is 10.9. The summed E-state index contributed by atoms with van der Waals surface area (Å²) in [5.41, 5.74) is 3.67. The van der Waals surface area contributed by atoms with Gasteiger partial charge < -0.3 is 4.74 Å². The normalized spacial score (nSPS) is 10.4. The SMILES string of the molecule is CCCOc1cc(C)c(C(=O)CCl)c(C)c1C. The molecule has 0 radical (unpaired) electrons. The number of rotatable bonds is 5. The van der Waals surface area contributed by atoms with Crippen LogP contribution in [0.5, 0.6) is 5.75 Å². The van der Waals surface area contributed by atoms with Crippen molar-refractivity contribution < 1.29 is 9.53 Å². The summed E-state index contributed by atoms with van der Waals surface area (Å²) >= 11 is 5.63. The van der Waals surface area contributed by atoms with Gasteiger partial charge in [-0.15, -0.1) is 11.6 Å². The molecule has 0 spiro atoms. The standard InChI is InChI=1S/C14H19ClO2/c1-5-6-17-13-7-9(2)14(12(16)8-15)11(4)10(13)3/h7H,5-6,8H2,1-4H3. The van der Waals surface area contributed by atoms with E-state index >= 15 is 0 Å². The molecule has 0 aliphatic rings. The van der Waals surface area contributed by atoms with Crippen LogP contribution in [0, 0.1) is 20.8 Å². The molecule has 0 unspecified atom stereocenters. The van der Waals surface area contributed by atoms with Gasteiger partial charge in [-0.1, -0.05) is 6.92 Å². The highest BCUT2D eigenvalue weighted by Crippen LogP contribution is 2.28. The van der Waals surface area contributed by atoms with Gasteiger partial charge in [0.05, 0.1) is 12.5 Å². The van der Waals surface area contributed by atoms with E-state index in [1.165, 1.54) is 0 Å². The smallest absolute Gasteiger partial charge is 0.178 e. The van der Waals surface area contributed by atoms with E-state index in [1.54, 1.807) is 0 Å². The van der Waals surface area contributed by atoms with Gasteiger partial charge in [0, 0.05) is 5.56 Å². The fourth-order valence-electron chi connectivity index (χ4n) is 1.90. The second kappa shape index (κ2) is 6.06. The number of aryl methyl sites for hydroxylation is 1. The van der Waals surface area contributed by atoms with Crippen molar-refractivity contribution in [3.63, 3.8) is 0 Å². The number of hydrogen-bond acceptors (Lipinski definition) is 2. The van der Waals surface area contributed by atoms with Crippen LogP contribution < -0.4 is 4.74 Å². The number of carbonyl (C=O) groups is 1. The molecule has 0 aliphatic carbocycles. The van der Waals surface area contributed by atoms with E-state index in [0.29, 0.717) is 6.61 Å².